The highest BCUT2D eigenvalue weighted by Gasteiger charge is 2.31. The number of rotatable bonds is 8. The van der Waals surface area contributed by atoms with Crippen LogP contribution in [0.15, 0.2) is 30.3 Å². The van der Waals surface area contributed by atoms with Crippen molar-refractivity contribution in [3.8, 4) is 17.0 Å². The van der Waals surface area contributed by atoms with Crippen molar-refractivity contribution in [3.63, 3.8) is 0 Å². The molecule has 30 heavy (non-hydrogen) atoms. The van der Waals surface area contributed by atoms with Crippen LogP contribution < -0.4 is 20.7 Å². The first kappa shape index (κ1) is 20.7. The van der Waals surface area contributed by atoms with Crippen LogP contribution in [0.3, 0.4) is 0 Å². The molecule has 162 valence electrons. The molecule has 0 amide bonds. The molecule has 1 saturated heterocycles. The number of hydrogen-bond donors (Lipinski definition) is 3. The van der Waals surface area contributed by atoms with Crippen molar-refractivity contribution in [2.75, 3.05) is 30.3 Å². The zero-order chi connectivity index (χ0) is 21.0. The van der Waals surface area contributed by atoms with E-state index in [9.17, 15) is 13.2 Å². The molecule has 1 aromatic carbocycles. The lowest BCUT2D eigenvalue weighted by Crippen LogP contribution is -2.28. The van der Waals surface area contributed by atoms with E-state index in [2.05, 4.69) is 30.7 Å². The van der Waals surface area contributed by atoms with Crippen LogP contribution in [0.25, 0.3) is 11.3 Å². The Kier molecular flexibility index (Phi) is 6.26. The summed E-state index contributed by atoms with van der Waals surface area (Å²) in [6.07, 6.45) is 0.821. The zero-order valence-corrected chi connectivity index (χ0v) is 16.6. The average Bonchev–Trinajstić information content (AvgIpc) is 3.52. The molecule has 2 heterocycles. The molecule has 2 aliphatic rings. The van der Waals surface area contributed by atoms with Crippen molar-refractivity contribution in [1.82, 2.24) is 15.3 Å². The lowest BCUT2D eigenvalue weighted by molar-refractivity contribution is -0.274. The van der Waals surface area contributed by atoms with E-state index in [-0.39, 0.29) is 5.75 Å². The highest BCUT2D eigenvalue weighted by atomic mass is 19.4. The second kappa shape index (κ2) is 9.07. The lowest BCUT2D eigenvalue weighted by atomic mass is 9.95. The Hall–Kier alpha value is -2.55. The number of ether oxygens (including phenoxy) is 1. The Balaban J connectivity index is 1.50. The van der Waals surface area contributed by atoms with Crippen molar-refractivity contribution in [2.24, 2.45) is 5.92 Å². The van der Waals surface area contributed by atoms with Crippen LogP contribution in [0.5, 0.6) is 5.75 Å². The van der Waals surface area contributed by atoms with Crippen molar-refractivity contribution < 1.29 is 17.9 Å². The number of aromatic nitrogens is 2. The van der Waals surface area contributed by atoms with Crippen LogP contribution in [0.1, 0.15) is 32.1 Å². The Morgan fingerprint density at radius 1 is 1.07 bits per heavy atom. The van der Waals surface area contributed by atoms with Gasteiger partial charge in [0.25, 0.3) is 0 Å². The maximum atomic E-state index is 12.6. The highest BCUT2D eigenvalue weighted by Crippen LogP contribution is 2.30. The van der Waals surface area contributed by atoms with Gasteiger partial charge < -0.3 is 20.7 Å². The number of nitrogens with one attached hydrogen (secondary N) is 3. The third-order valence-corrected chi connectivity index (χ3v) is 5.32. The first-order valence-corrected chi connectivity index (χ1v) is 10.4. The SMILES string of the molecule is FC(F)(F)Oc1cccc(-c2cc(NCCC3CCNCC3)nc(NC3CC3)n2)c1. The summed E-state index contributed by atoms with van der Waals surface area (Å²) >= 11 is 0. The van der Waals surface area contributed by atoms with Gasteiger partial charge in [0.2, 0.25) is 5.95 Å². The molecule has 6 nitrogen and oxygen atoms in total. The lowest BCUT2D eigenvalue weighted by Gasteiger charge is -2.22. The van der Waals surface area contributed by atoms with Gasteiger partial charge in [-0.15, -0.1) is 13.2 Å². The van der Waals surface area contributed by atoms with E-state index in [0.29, 0.717) is 35.0 Å². The minimum absolute atomic E-state index is 0.268. The molecular weight excluding hydrogens is 395 g/mol. The summed E-state index contributed by atoms with van der Waals surface area (Å²) < 4.78 is 41.8. The predicted molar refractivity (Wildman–Crippen MR) is 109 cm³/mol. The molecule has 4 rings (SSSR count). The number of halogens is 3. The molecule has 1 aliphatic carbocycles. The van der Waals surface area contributed by atoms with Crippen LogP contribution in [0.2, 0.25) is 0 Å². The standard InChI is InChI=1S/C21H26F3N5O/c22-21(23,24)30-17-3-1-2-15(12-17)18-13-19(29-20(28-18)27-16-4-5-16)26-11-8-14-6-9-25-10-7-14/h1-3,12-14,16,25H,4-11H2,(H2,26,27,28,29). The average molecular weight is 421 g/mol. The van der Waals surface area contributed by atoms with E-state index in [0.717, 1.165) is 38.9 Å². The quantitative estimate of drug-likeness (QED) is 0.586. The third-order valence-electron chi connectivity index (χ3n) is 5.32. The number of piperidine rings is 1. The molecule has 0 unspecified atom stereocenters. The van der Waals surface area contributed by atoms with E-state index < -0.39 is 6.36 Å². The van der Waals surface area contributed by atoms with E-state index in [1.807, 2.05) is 0 Å². The normalized spacial score (nSPS) is 17.6. The molecule has 3 N–H and O–H groups in total. The van der Waals surface area contributed by atoms with Gasteiger partial charge in [-0.1, -0.05) is 12.1 Å². The minimum atomic E-state index is -4.73. The highest BCUT2D eigenvalue weighted by molar-refractivity contribution is 5.66. The van der Waals surface area contributed by atoms with Gasteiger partial charge >= 0.3 is 6.36 Å². The van der Waals surface area contributed by atoms with Gasteiger partial charge in [-0.05, 0) is 63.2 Å². The Bertz CT molecular complexity index is 851. The van der Waals surface area contributed by atoms with Crippen LogP contribution in [-0.2, 0) is 0 Å². The van der Waals surface area contributed by atoms with Crippen LogP contribution in [0, 0.1) is 5.92 Å². The summed E-state index contributed by atoms with van der Waals surface area (Å²) in [5.41, 5.74) is 1.09. The number of alkyl halides is 3. The van der Waals surface area contributed by atoms with E-state index in [4.69, 9.17) is 0 Å². The van der Waals surface area contributed by atoms with Gasteiger partial charge in [-0.3, -0.25) is 0 Å². The van der Waals surface area contributed by atoms with Crippen LogP contribution in [0.4, 0.5) is 24.9 Å². The molecule has 1 aromatic heterocycles. The Labute approximate surface area is 173 Å². The summed E-state index contributed by atoms with van der Waals surface area (Å²) in [6, 6.07) is 7.99. The summed E-state index contributed by atoms with van der Waals surface area (Å²) in [6.45, 7) is 2.92. The third kappa shape index (κ3) is 6.22. The number of hydrogen-bond acceptors (Lipinski definition) is 6. The molecule has 0 spiro atoms. The van der Waals surface area contributed by atoms with E-state index in [1.165, 1.54) is 31.0 Å². The van der Waals surface area contributed by atoms with Crippen molar-refractivity contribution in [2.45, 2.75) is 44.5 Å². The van der Waals surface area contributed by atoms with Gasteiger partial charge in [0.15, 0.2) is 0 Å². The van der Waals surface area contributed by atoms with E-state index in [1.54, 1.807) is 12.1 Å². The van der Waals surface area contributed by atoms with Gasteiger partial charge in [-0.2, -0.15) is 4.98 Å². The van der Waals surface area contributed by atoms with Gasteiger partial charge in [0, 0.05) is 24.2 Å². The fourth-order valence-electron chi connectivity index (χ4n) is 3.59. The molecule has 1 aliphatic heterocycles. The monoisotopic (exact) mass is 421 g/mol. The molecule has 0 bridgehead atoms. The molecule has 2 aromatic rings. The molecule has 9 heteroatoms. The van der Waals surface area contributed by atoms with Gasteiger partial charge in [0.1, 0.15) is 11.6 Å². The largest absolute Gasteiger partial charge is 0.573 e. The molecule has 0 atom stereocenters. The fourth-order valence-corrected chi connectivity index (χ4v) is 3.59. The van der Waals surface area contributed by atoms with E-state index >= 15 is 0 Å². The first-order valence-electron chi connectivity index (χ1n) is 10.4. The van der Waals surface area contributed by atoms with Crippen LogP contribution >= 0.6 is 0 Å². The van der Waals surface area contributed by atoms with Crippen molar-refractivity contribution in [3.05, 3.63) is 30.3 Å². The maximum Gasteiger partial charge on any atom is 0.573 e. The molecular formula is C21H26F3N5O. The fraction of sp³-hybridized carbons (Fsp3) is 0.524. The minimum Gasteiger partial charge on any atom is -0.406 e. The second-order valence-electron chi connectivity index (χ2n) is 7.87. The van der Waals surface area contributed by atoms with Gasteiger partial charge in [-0.25, -0.2) is 4.98 Å². The zero-order valence-electron chi connectivity index (χ0n) is 16.6. The topological polar surface area (TPSA) is 71.1 Å². The first-order chi connectivity index (χ1) is 14.4. The summed E-state index contributed by atoms with van der Waals surface area (Å²) in [5, 5.41) is 10.0. The van der Waals surface area contributed by atoms with Crippen molar-refractivity contribution in [1.29, 1.82) is 0 Å². The number of nitrogens with zero attached hydrogens (tertiary/aromatic N) is 2. The number of anilines is 2. The maximum absolute atomic E-state index is 12.6. The smallest absolute Gasteiger partial charge is 0.406 e. The molecule has 2 fully saturated rings. The Morgan fingerprint density at radius 2 is 1.87 bits per heavy atom. The Morgan fingerprint density at radius 3 is 2.60 bits per heavy atom. The number of benzene rings is 1. The summed E-state index contributed by atoms with van der Waals surface area (Å²) in [5.74, 6) is 1.58. The van der Waals surface area contributed by atoms with Gasteiger partial charge in [0.05, 0.1) is 5.69 Å². The van der Waals surface area contributed by atoms with Crippen LogP contribution in [-0.4, -0.2) is 42.0 Å². The second-order valence-corrected chi connectivity index (χ2v) is 7.87. The predicted octanol–water partition coefficient (Wildman–Crippen LogP) is 4.42. The molecule has 0 radical (unpaired) electrons. The summed E-state index contributed by atoms with van der Waals surface area (Å²) in [7, 11) is 0. The summed E-state index contributed by atoms with van der Waals surface area (Å²) in [4.78, 5) is 9.06. The molecule has 1 saturated carbocycles. The van der Waals surface area contributed by atoms with Crippen molar-refractivity contribution >= 4 is 11.8 Å².